The maximum Gasteiger partial charge on any atom is 0.410 e. The lowest BCUT2D eigenvalue weighted by atomic mass is 9.87. The van der Waals surface area contributed by atoms with Crippen molar-refractivity contribution in [3.8, 4) is 5.75 Å². The number of nitrogens with zero attached hydrogens (tertiary/aromatic N) is 3. The summed E-state index contributed by atoms with van der Waals surface area (Å²) in [5.74, 6) is 0.346. The Balaban J connectivity index is 1.89. The molecule has 1 aromatic rings. The van der Waals surface area contributed by atoms with Crippen molar-refractivity contribution in [2.24, 2.45) is 17.8 Å². The molecule has 42 heavy (non-hydrogen) atoms. The fourth-order valence-electron chi connectivity index (χ4n) is 5.45. The first kappa shape index (κ1) is 33.6. The highest BCUT2D eigenvalue weighted by Crippen LogP contribution is 2.37. The van der Waals surface area contributed by atoms with Gasteiger partial charge in [0.1, 0.15) is 17.2 Å². The molecule has 1 saturated heterocycles. The Hall–Kier alpha value is -2.88. The molecule has 1 N–H and O–H groups in total. The smallest absolute Gasteiger partial charge is 0.410 e. The van der Waals surface area contributed by atoms with Crippen LogP contribution in [0.1, 0.15) is 92.6 Å². The Kier molecular flexibility index (Phi) is 11.6. The number of ether oxygens (including phenoxy) is 3. The summed E-state index contributed by atoms with van der Waals surface area (Å²) in [6.45, 7) is 17.0. The number of hydrogen-bond donors (Lipinski definition) is 1. The zero-order valence-electron chi connectivity index (χ0n) is 27.1. The number of nitrogens with one attached hydrogen (secondary N) is 1. The summed E-state index contributed by atoms with van der Waals surface area (Å²) in [5, 5.41) is 3.15. The Morgan fingerprint density at radius 1 is 1.12 bits per heavy atom. The highest BCUT2D eigenvalue weighted by molar-refractivity contribution is 5.96. The van der Waals surface area contributed by atoms with E-state index in [4.69, 9.17) is 14.2 Å². The van der Waals surface area contributed by atoms with Gasteiger partial charge in [0.25, 0.3) is 0 Å². The Bertz CT molecular complexity index is 1080. The first-order chi connectivity index (χ1) is 19.7. The first-order valence-corrected chi connectivity index (χ1v) is 15.5. The Morgan fingerprint density at radius 2 is 1.79 bits per heavy atom. The van der Waals surface area contributed by atoms with Gasteiger partial charge >= 0.3 is 6.09 Å². The van der Waals surface area contributed by atoms with Crippen LogP contribution in [0.15, 0.2) is 12.3 Å². The summed E-state index contributed by atoms with van der Waals surface area (Å²) in [6, 6.07) is 1.71. The summed E-state index contributed by atoms with van der Waals surface area (Å²) >= 11 is 0. The van der Waals surface area contributed by atoms with E-state index in [0.29, 0.717) is 37.1 Å². The van der Waals surface area contributed by atoms with Crippen molar-refractivity contribution >= 4 is 23.7 Å². The summed E-state index contributed by atoms with van der Waals surface area (Å²) in [4.78, 5) is 49.1. The van der Waals surface area contributed by atoms with Gasteiger partial charge in [-0.3, -0.25) is 14.5 Å². The van der Waals surface area contributed by atoms with E-state index in [0.717, 1.165) is 24.8 Å². The highest BCUT2D eigenvalue weighted by atomic mass is 16.6. The van der Waals surface area contributed by atoms with Crippen molar-refractivity contribution in [2.45, 2.75) is 105 Å². The van der Waals surface area contributed by atoms with Crippen molar-refractivity contribution in [1.82, 2.24) is 15.2 Å². The molecular weight excluding hydrogens is 536 g/mol. The molecule has 2 heterocycles. The van der Waals surface area contributed by atoms with E-state index in [-0.39, 0.29) is 42.9 Å². The van der Waals surface area contributed by atoms with Crippen LogP contribution in [-0.4, -0.2) is 78.9 Å². The number of rotatable bonds is 12. The van der Waals surface area contributed by atoms with Crippen LogP contribution in [0.5, 0.6) is 5.75 Å². The van der Waals surface area contributed by atoms with E-state index in [2.05, 4.69) is 38.0 Å². The first-order valence-electron chi connectivity index (χ1n) is 15.5. The number of methoxy groups -OCH3 is 1. The second kappa shape index (κ2) is 14.5. The molecule has 3 rings (SSSR count). The molecule has 1 saturated carbocycles. The van der Waals surface area contributed by atoms with Gasteiger partial charge in [0.2, 0.25) is 11.8 Å². The predicted molar refractivity (Wildman–Crippen MR) is 163 cm³/mol. The molecule has 0 spiro atoms. The molecule has 0 radical (unpaired) electrons. The second-order valence-corrected chi connectivity index (χ2v) is 13.4. The van der Waals surface area contributed by atoms with E-state index in [9.17, 15) is 14.4 Å². The minimum atomic E-state index is -0.704. The predicted octanol–water partition coefficient (Wildman–Crippen LogP) is 5.15. The molecule has 0 aromatic carbocycles. The number of piperidine rings is 1. The van der Waals surface area contributed by atoms with Gasteiger partial charge in [-0.25, -0.2) is 9.78 Å². The second-order valence-electron chi connectivity index (χ2n) is 13.4. The largest absolute Gasteiger partial charge is 0.496 e. The molecule has 10 nitrogen and oxygen atoms in total. The number of pyridine rings is 1. The average Bonchev–Trinajstić information content (AvgIpc) is 3.75. The van der Waals surface area contributed by atoms with Crippen molar-refractivity contribution < 1.29 is 28.6 Å². The van der Waals surface area contributed by atoms with Crippen LogP contribution in [0.25, 0.3) is 0 Å². The number of carbonyl (C=O) groups excluding carboxylic acids is 3. The molecule has 0 bridgehead atoms. The van der Waals surface area contributed by atoms with E-state index < -0.39 is 23.5 Å². The van der Waals surface area contributed by atoms with E-state index in [1.165, 1.54) is 4.90 Å². The minimum Gasteiger partial charge on any atom is -0.496 e. The molecule has 3 atom stereocenters. The van der Waals surface area contributed by atoms with Crippen molar-refractivity contribution in [3.05, 3.63) is 17.8 Å². The third kappa shape index (κ3) is 9.31. The highest BCUT2D eigenvalue weighted by Gasteiger charge is 2.44. The minimum absolute atomic E-state index is 0.0328. The lowest BCUT2D eigenvalue weighted by Crippen LogP contribution is -2.55. The Labute approximate surface area is 251 Å². The standard InChI is InChI=1S/C32H52N4O6/c1-10-41-19-24(13-20(2)3)34-29(37)22-14-23(18-35(17-22)31(39)42-32(6,7)8)30(38)36(25-11-12-25)28-15-27(40-9)26(16-33-28)21(4)5/h15-16,20-25H,10-14,17-19H2,1-9H3,(H,34,37)/t22-,23+,24+/m0/s1. The van der Waals surface area contributed by atoms with Crippen molar-refractivity contribution in [2.75, 3.05) is 38.3 Å². The molecule has 1 aliphatic heterocycles. The van der Waals surface area contributed by atoms with Crippen LogP contribution in [0.2, 0.25) is 0 Å². The van der Waals surface area contributed by atoms with Gasteiger partial charge < -0.3 is 24.4 Å². The van der Waals surface area contributed by atoms with Gasteiger partial charge in [0.05, 0.1) is 31.6 Å². The quantitative estimate of drug-likeness (QED) is 0.360. The lowest BCUT2D eigenvalue weighted by Gasteiger charge is -2.39. The van der Waals surface area contributed by atoms with E-state index >= 15 is 0 Å². The molecule has 236 valence electrons. The van der Waals surface area contributed by atoms with Crippen LogP contribution >= 0.6 is 0 Å². The zero-order valence-corrected chi connectivity index (χ0v) is 27.1. The molecule has 2 aliphatic rings. The number of amides is 3. The molecule has 1 aromatic heterocycles. The van der Waals surface area contributed by atoms with Crippen LogP contribution in [0.3, 0.4) is 0 Å². The van der Waals surface area contributed by atoms with Crippen LogP contribution in [0, 0.1) is 17.8 Å². The lowest BCUT2D eigenvalue weighted by molar-refractivity contribution is -0.131. The molecule has 2 fully saturated rings. The SMILES string of the molecule is CCOC[C@@H](CC(C)C)NC(=O)[C@H]1C[C@@H](C(=O)N(c2cc(OC)c(C(C)C)cn2)C2CC2)CN(C(=O)OC(C)(C)C)C1. The van der Waals surface area contributed by atoms with Crippen LogP contribution in [0.4, 0.5) is 10.6 Å². The molecular formula is C32H52N4O6. The number of hydrogen-bond acceptors (Lipinski definition) is 7. The normalized spacial score (nSPS) is 19.9. The van der Waals surface area contributed by atoms with Gasteiger partial charge in [-0.15, -0.1) is 0 Å². The number of aromatic nitrogens is 1. The molecule has 1 aliphatic carbocycles. The van der Waals surface area contributed by atoms with Gasteiger partial charge in [0.15, 0.2) is 0 Å². The van der Waals surface area contributed by atoms with Crippen LogP contribution in [-0.2, 0) is 19.1 Å². The average molecular weight is 589 g/mol. The van der Waals surface area contributed by atoms with Crippen molar-refractivity contribution in [3.63, 3.8) is 0 Å². The summed E-state index contributed by atoms with van der Waals surface area (Å²) in [6.07, 6.45) is 4.11. The zero-order chi connectivity index (χ0) is 31.2. The van der Waals surface area contributed by atoms with E-state index in [1.54, 1.807) is 39.0 Å². The topological polar surface area (TPSA) is 110 Å². The maximum atomic E-state index is 14.2. The fourth-order valence-corrected chi connectivity index (χ4v) is 5.45. The number of carbonyl (C=O) groups is 3. The van der Waals surface area contributed by atoms with Gasteiger partial charge in [-0.1, -0.05) is 27.7 Å². The number of anilines is 1. The summed E-state index contributed by atoms with van der Waals surface area (Å²) in [5.41, 5.74) is 0.266. The fraction of sp³-hybridized carbons (Fsp3) is 0.750. The summed E-state index contributed by atoms with van der Waals surface area (Å²) < 4.78 is 17.0. The van der Waals surface area contributed by atoms with Gasteiger partial charge in [-0.05, 0) is 65.2 Å². The molecule has 10 heteroatoms. The monoisotopic (exact) mass is 588 g/mol. The van der Waals surface area contributed by atoms with E-state index in [1.807, 2.05) is 13.0 Å². The maximum absolute atomic E-state index is 14.2. The third-order valence-corrected chi connectivity index (χ3v) is 7.57. The van der Waals surface area contributed by atoms with Gasteiger partial charge in [-0.2, -0.15) is 0 Å². The summed E-state index contributed by atoms with van der Waals surface area (Å²) in [7, 11) is 1.62. The molecule has 0 unspecified atom stereocenters. The Morgan fingerprint density at radius 3 is 2.33 bits per heavy atom. The van der Waals surface area contributed by atoms with Crippen molar-refractivity contribution in [1.29, 1.82) is 0 Å². The van der Waals surface area contributed by atoms with Gasteiger partial charge in [0, 0.05) is 43.6 Å². The molecule has 3 amide bonds. The third-order valence-electron chi connectivity index (χ3n) is 7.57. The number of likely N-dealkylation sites (tertiary alicyclic amines) is 1. The van der Waals surface area contributed by atoms with Crippen LogP contribution < -0.4 is 15.0 Å².